The second-order valence-corrected chi connectivity index (χ2v) is 6.87. The average Bonchev–Trinajstić information content (AvgIpc) is 2.94. The van der Waals surface area contributed by atoms with Crippen molar-refractivity contribution in [3.63, 3.8) is 0 Å². The molecule has 2 fully saturated rings. The first kappa shape index (κ1) is 11.5. The van der Waals surface area contributed by atoms with Gasteiger partial charge in [-0.25, -0.2) is 4.98 Å². The van der Waals surface area contributed by atoms with Crippen LogP contribution in [0.15, 0.2) is 0 Å². The summed E-state index contributed by atoms with van der Waals surface area (Å²) in [5.41, 5.74) is 1.40. The number of aliphatic hydroxyl groups excluding tert-OH is 1. The van der Waals surface area contributed by atoms with Gasteiger partial charge in [0.1, 0.15) is 0 Å². The van der Waals surface area contributed by atoms with E-state index >= 15 is 0 Å². The Labute approximate surface area is 106 Å². The monoisotopic (exact) mass is 252 g/mol. The zero-order valence-electron chi connectivity index (χ0n) is 10.6. The predicted octanol–water partition coefficient (Wildman–Crippen LogP) is 2.89. The normalized spacial score (nSPS) is 23.4. The van der Waals surface area contributed by atoms with Gasteiger partial charge in [0, 0.05) is 18.0 Å². The van der Waals surface area contributed by atoms with E-state index in [-0.39, 0.29) is 12.1 Å². The second-order valence-electron chi connectivity index (χ2n) is 5.80. The van der Waals surface area contributed by atoms with Gasteiger partial charge in [-0.3, -0.25) is 0 Å². The Morgan fingerprint density at radius 3 is 2.76 bits per heavy atom. The van der Waals surface area contributed by atoms with Crippen LogP contribution in [0.5, 0.6) is 0 Å². The molecule has 2 heterocycles. The molecule has 0 unspecified atom stereocenters. The van der Waals surface area contributed by atoms with Gasteiger partial charge in [-0.15, -0.1) is 0 Å². The molecule has 3 rings (SSSR count). The Kier molecular flexibility index (Phi) is 2.67. The first-order valence-corrected chi connectivity index (χ1v) is 7.31. The summed E-state index contributed by atoms with van der Waals surface area (Å²) in [6, 6.07) is 0. The lowest BCUT2D eigenvalue weighted by atomic mass is 10.0. The first-order valence-electron chi connectivity index (χ1n) is 6.50. The summed E-state index contributed by atoms with van der Waals surface area (Å²) >= 11 is 1.69. The number of aliphatic hydroxyl groups is 1. The molecule has 0 radical (unpaired) electrons. The van der Waals surface area contributed by atoms with Crippen LogP contribution in [-0.2, 0) is 6.61 Å². The van der Waals surface area contributed by atoms with E-state index < -0.39 is 0 Å². The van der Waals surface area contributed by atoms with Crippen molar-refractivity contribution in [3.05, 3.63) is 10.6 Å². The summed E-state index contributed by atoms with van der Waals surface area (Å²) in [6.07, 6.45) is 4.98. The lowest BCUT2D eigenvalue weighted by molar-refractivity contribution is 0.284. The van der Waals surface area contributed by atoms with Crippen molar-refractivity contribution < 1.29 is 5.11 Å². The molecule has 2 aliphatic rings. The number of hydrogen-bond acceptors (Lipinski definition) is 4. The minimum absolute atomic E-state index is 0.151. The highest BCUT2D eigenvalue weighted by Gasteiger charge is 2.36. The summed E-state index contributed by atoms with van der Waals surface area (Å²) in [5, 5.41) is 10.6. The van der Waals surface area contributed by atoms with Gasteiger partial charge in [0.05, 0.1) is 17.2 Å². The molecule has 4 heteroatoms. The summed E-state index contributed by atoms with van der Waals surface area (Å²) in [4.78, 5) is 8.31. The van der Waals surface area contributed by atoms with E-state index in [1.54, 1.807) is 11.3 Å². The van der Waals surface area contributed by atoms with Crippen LogP contribution in [0.2, 0.25) is 0 Å². The fourth-order valence-electron chi connectivity index (χ4n) is 2.72. The molecule has 3 nitrogen and oxygen atoms in total. The van der Waals surface area contributed by atoms with Crippen LogP contribution >= 0.6 is 11.3 Å². The third kappa shape index (κ3) is 1.97. The molecule has 1 aliphatic heterocycles. The molecule has 1 aromatic rings. The van der Waals surface area contributed by atoms with Gasteiger partial charge >= 0.3 is 0 Å². The number of anilines is 1. The van der Waals surface area contributed by atoms with E-state index in [0.717, 1.165) is 16.6 Å². The molecule has 0 atom stereocenters. The van der Waals surface area contributed by atoms with Crippen molar-refractivity contribution >= 4 is 16.5 Å². The SMILES string of the molecule is CC1(C)CCCN1c1nc(C2CC2)c(CO)s1. The van der Waals surface area contributed by atoms with Crippen LogP contribution in [0, 0.1) is 0 Å². The van der Waals surface area contributed by atoms with Crippen molar-refractivity contribution in [3.8, 4) is 0 Å². The number of aromatic nitrogens is 1. The predicted molar refractivity (Wildman–Crippen MR) is 70.7 cm³/mol. The van der Waals surface area contributed by atoms with Crippen molar-refractivity contribution in [1.29, 1.82) is 0 Å². The van der Waals surface area contributed by atoms with E-state index in [9.17, 15) is 5.11 Å². The summed E-state index contributed by atoms with van der Waals surface area (Å²) in [7, 11) is 0. The van der Waals surface area contributed by atoms with E-state index in [2.05, 4.69) is 18.7 Å². The molecule has 1 aliphatic carbocycles. The van der Waals surface area contributed by atoms with Crippen LogP contribution in [0.25, 0.3) is 0 Å². The molecule has 0 bridgehead atoms. The molecule has 1 aromatic heterocycles. The standard InChI is InChI=1S/C13H20N2OS/c1-13(2)6-3-7-15(13)12-14-11(9-4-5-9)10(8-16)17-12/h9,16H,3-8H2,1-2H3. The molecular formula is C13H20N2OS. The summed E-state index contributed by atoms with van der Waals surface area (Å²) in [5.74, 6) is 0.632. The average molecular weight is 252 g/mol. The van der Waals surface area contributed by atoms with E-state index in [0.29, 0.717) is 5.92 Å². The number of thiazole rings is 1. The third-order valence-electron chi connectivity index (χ3n) is 3.96. The Hall–Kier alpha value is -0.610. The van der Waals surface area contributed by atoms with Crippen molar-refractivity contribution in [2.75, 3.05) is 11.4 Å². The van der Waals surface area contributed by atoms with Gasteiger partial charge in [-0.1, -0.05) is 11.3 Å². The zero-order chi connectivity index (χ0) is 12.0. The molecule has 94 valence electrons. The molecule has 0 aromatic carbocycles. The maximum atomic E-state index is 9.43. The Morgan fingerprint density at radius 2 is 2.24 bits per heavy atom. The maximum Gasteiger partial charge on any atom is 0.186 e. The van der Waals surface area contributed by atoms with Crippen molar-refractivity contribution in [2.45, 2.75) is 57.6 Å². The van der Waals surface area contributed by atoms with E-state index in [4.69, 9.17) is 4.98 Å². The summed E-state index contributed by atoms with van der Waals surface area (Å²) < 4.78 is 0. The van der Waals surface area contributed by atoms with Gasteiger partial charge < -0.3 is 10.0 Å². The molecule has 0 spiro atoms. The lowest BCUT2D eigenvalue weighted by Crippen LogP contribution is -2.38. The van der Waals surface area contributed by atoms with Crippen LogP contribution in [-0.4, -0.2) is 22.2 Å². The highest BCUT2D eigenvalue weighted by Crippen LogP contribution is 2.45. The van der Waals surface area contributed by atoms with Crippen molar-refractivity contribution in [1.82, 2.24) is 4.98 Å². The summed E-state index contributed by atoms with van der Waals surface area (Å²) in [6.45, 7) is 5.83. The number of nitrogens with zero attached hydrogens (tertiary/aromatic N) is 2. The molecule has 0 amide bonds. The quantitative estimate of drug-likeness (QED) is 0.898. The Balaban J connectivity index is 1.92. The third-order valence-corrected chi connectivity index (χ3v) is 5.03. The molecule has 1 saturated carbocycles. The second kappa shape index (κ2) is 3.95. The molecule has 1 saturated heterocycles. The van der Waals surface area contributed by atoms with Gasteiger partial charge in [-0.2, -0.15) is 0 Å². The highest BCUT2D eigenvalue weighted by molar-refractivity contribution is 7.15. The van der Waals surface area contributed by atoms with Gasteiger partial charge in [-0.05, 0) is 39.5 Å². The van der Waals surface area contributed by atoms with Gasteiger partial charge in [0.25, 0.3) is 0 Å². The maximum absolute atomic E-state index is 9.43. The Bertz CT molecular complexity index is 423. The van der Waals surface area contributed by atoms with Gasteiger partial charge in [0.2, 0.25) is 0 Å². The molecule has 17 heavy (non-hydrogen) atoms. The highest BCUT2D eigenvalue weighted by atomic mass is 32.1. The minimum Gasteiger partial charge on any atom is -0.391 e. The van der Waals surface area contributed by atoms with Crippen LogP contribution in [0.3, 0.4) is 0 Å². The minimum atomic E-state index is 0.151. The zero-order valence-corrected chi connectivity index (χ0v) is 11.4. The number of rotatable bonds is 3. The fraction of sp³-hybridized carbons (Fsp3) is 0.769. The largest absolute Gasteiger partial charge is 0.391 e. The van der Waals surface area contributed by atoms with Crippen LogP contribution in [0.4, 0.5) is 5.13 Å². The Morgan fingerprint density at radius 1 is 1.47 bits per heavy atom. The number of hydrogen-bond donors (Lipinski definition) is 1. The topological polar surface area (TPSA) is 36.4 Å². The smallest absolute Gasteiger partial charge is 0.186 e. The molecule has 1 N–H and O–H groups in total. The lowest BCUT2D eigenvalue weighted by Gasteiger charge is -2.31. The fourth-order valence-corrected chi connectivity index (χ4v) is 3.91. The van der Waals surface area contributed by atoms with E-state index in [1.807, 2.05) is 0 Å². The van der Waals surface area contributed by atoms with Crippen LogP contribution in [0.1, 0.15) is 56.0 Å². The van der Waals surface area contributed by atoms with E-state index in [1.165, 1.54) is 31.4 Å². The molecular weight excluding hydrogens is 232 g/mol. The van der Waals surface area contributed by atoms with Gasteiger partial charge in [0.15, 0.2) is 5.13 Å². The van der Waals surface area contributed by atoms with Crippen LogP contribution < -0.4 is 4.90 Å². The first-order chi connectivity index (χ1) is 8.12. The van der Waals surface area contributed by atoms with Crippen molar-refractivity contribution in [2.24, 2.45) is 0 Å².